The highest BCUT2D eigenvalue weighted by molar-refractivity contribution is 5.02. The smallest absolute Gasteiger partial charge is 0.199 e. The van der Waals surface area contributed by atoms with Gasteiger partial charge in [-0.15, -0.1) is 0 Å². The highest BCUT2D eigenvalue weighted by Gasteiger charge is 2.22. The highest BCUT2D eigenvalue weighted by atomic mass is 16.5. The van der Waals surface area contributed by atoms with E-state index in [2.05, 4.69) is 10.3 Å². The van der Waals surface area contributed by atoms with Crippen molar-refractivity contribution in [3.05, 3.63) is 17.8 Å². The minimum atomic E-state index is 0.378. The van der Waals surface area contributed by atoms with E-state index in [0.29, 0.717) is 5.92 Å². The van der Waals surface area contributed by atoms with Crippen molar-refractivity contribution in [2.75, 3.05) is 26.8 Å². The van der Waals surface area contributed by atoms with E-state index < -0.39 is 0 Å². The van der Waals surface area contributed by atoms with Gasteiger partial charge < -0.3 is 14.5 Å². The average Bonchev–Trinajstić information content (AvgIpc) is 2.87. The maximum Gasteiger partial charge on any atom is 0.199 e. The molecule has 4 heteroatoms. The Morgan fingerprint density at radius 1 is 1.60 bits per heavy atom. The van der Waals surface area contributed by atoms with Crippen molar-refractivity contribution in [1.29, 1.82) is 0 Å². The molecule has 1 unspecified atom stereocenters. The first-order valence-corrected chi connectivity index (χ1v) is 5.57. The van der Waals surface area contributed by atoms with Crippen LogP contribution in [0.15, 0.2) is 10.7 Å². The van der Waals surface area contributed by atoms with E-state index in [1.165, 1.54) is 0 Å². The van der Waals surface area contributed by atoms with Gasteiger partial charge in [-0.25, -0.2) is 4.98 Å². The molecule has 1 atom stereocenters. The lowest BCUT2D eigenvalue weighted by Crippen LogP contribution is -2.08. The molecule has 1 fully saturated rings. The predicted octanol–water partition coefficient (Wildman–Crippen LogP) is 1.33. The molecule has 1 aromatic rings. The third-order valence-corrected chi connectivity index (χ3v) is 2.71. The minimum absolute atomic E-state index is 0.378. The van der Waals surface area contributed by atoms with Crippen LogP contribution in [0, 0.1) is 0 Å². The summed E-state index contributed by atoms with van der Waals surface area (Å²) in [6.07, 6.45) is 4.90. The van der Waals surface area contributed by atoms with Crippen molar-refractivity contribution < 1.29 is 9.15 Å². The summed E-state index contributed by atoms with van der Waals surface area (Å²) in [5.41, 5.74) is 1.06. The maximum absolute atomic E-state index is 5.47. The van der Waals surface area contributed by atoms with Crippen LogP contribution in [0.4, 0.5) is 0 Å². The highest BCUT2D eigenvalue weighted by Crippen LogP contribution is 2.24. The lowest BCUT2D eigenvalue weighted by Gasteiger charge is -1.99. The summed E-state index contributed by atoms with van der Waals surface area (Å²) < 4.78 is 10.8. The van der Waals surface area contributed by atoms with Crippen LogP contribution in [0.3, 0.4) is 0 Å². The molecule has 0 aromatic carbocycles. The largest absolute Gasteiger partial charge is 0.448 e. The fraction of sp³-hybridized carbons (Fsp3) is 0.727. The van der Waals surface area contributed by atoms with Crippen LogP contribution in [0.2, 0.25) is 0 Å². The second kappa shape index (κ2) is 5.28. The lowest BCUT2D eigenvalue weighted by atomic mass is 10.1. The van der Waals surface area contributed by atoms with Gasteiger partial charge in [-0.3, -0.25) is 0 Å². The summed E-state index contributed by atoms with van der Waals surface area (Å²) in [7, 11) is 1.96. The molecule has 0 spiro atoms. The van der Waals surface area contributed by atoms with Crippen LogP contribution in [-0.2, 0) is 11.2 Å². The van der Waals surface area contributed by atoms with Crippen molar-refractivity contribution in [2.24, 2.45) is 0 Å². The van der Waals surface area contributed by atoms with Gasteiger partial charge in [0.15, 0.2) is 5.89 Å². The summed E-state index contributed by atoms with van der Waals surface area (Å²) in [6.45, 7) is 2.62. The number of rotatable bonds is 5. The Balaban J connectivity index is 1.86. The second-order valence-electron chi connectivity index (χ2n) is 3.94. The van der Waals surface area contributed by atoms with Crippen LogP contribution in [0.5, 0.6) is 0 Å². The van der Waals surface area contributed by atoms with E-state index >= 15 is 0 Å². The van der Waals surface area contributed by atoms with Crippen molar-refractivity contribution in [3.63, 3.8) is 0 Å². The molecule has 1 N–H and O–H groups in total. The number of aromatic nitrogens is 1. The quantitative estimate of drug-likeness (QED) is 0.745. The van der Waals surface area contributed by atoms with Gasteiger partial charge in [0.1, 0.15) is 6.26 Å². The van der Waals surface area contributed by atoms with Crippen LogP contribution in [0.25, 0.3) is 0 Å². The first-order chi connectivity index (χ1) is 7.40. The number of nitrogens with zero attached hydrogens (tertiary/aromatic N) is 1. The number of nitrogens with one attached hydrogen (secondary N) is 1. The van der Waals surface area contributed by atoms with Gasteiger partial charge in [-0.05, 0) is 32.9 Å². The molecular formula is C11H18N2O2. The maximum atomic E-state index is 5.47. The van der Waals surface area contributed by atoms with Gasteiger partial charge in [0, 0.05) is 6.61 Å². The predicted molar refractivity (Wildman–Crippen MR) is 56.9 cm³/mol. The molecule has 0 amide bonds. The fourth-order valence-corrected chi connectivity index (χ4v) is 1.80. The molecule has 84 valence electrons. The van der Waals surface area contributed by atoms with E-state index in [4.69, 9.17) is 9.15 Å². The molecule has 0 saturated carbocycles. The van der Waals surface area contributed by atoms with Gasteiger partial charge in [-0.1, -0.05) is 0 Å². The Bertz CT molecular complexity index is 293. The monoisotopic (exact) mass is 210 g/mol. The SMILES string of the molecule is CNCCCc1coc(C2CCOC2)n1. The molecule has 15 heavy (non-hydrogen) atoms. The molecule has 0 bridgehead atoms. The zero-order chi connectivity index (χ0) is 10.5. The number of hydrogen-bond donors (Lipinski definition) is 1. The van der Waals surface area contributed by atoms with E-state index in [1.54, 1.807) is 6.26 Å². The third-order valence-electron chi connectivity index (χ3n) is 2.71. The Morgan fingerprint density at radius 2 is 2.53 bits per heavy atom. The van der Waals surface area contributed by atoms with Crippen molar-refractivity contribution in [1.82, 2.24) is 10.3 Å². The number of hydrogen-bond acceptors (Lipinski definition) is 4. The first-order valence-electron chi connectivity index (χ1n) is 5.57. The van der Waals surface area contributed by atoms with Crippen LogP contribution in [0.1, 0.15) is 30.3 Å². The zero-order valence-electron chi connectivity index (χ0n) is 9.16. The third kappa shape index (κ3) is 2.79. The summed E-state index contributed by atoms with van der Waals surface area (Å²) in [4.78, 5) is 4.49. The van der Waals surface area contributed by atoms with E-state index in [-0.39, 0.29) is 0 Å². The fourth-order valence-electron chi connectivity index (χ4n) is 1.80. The number of oxazole rings is 1. The Hall–Kier alpha value is -0.870. The molecule has 1 aromatic heterocycles. The molecule has 1 aliphatic rings. The summed E-state index contributed by atoms with van der Waals surface area (Å²) in [5.74, 6) is 1.23. The molecule has 1 saturated heterocycles. The standard InChI is InChI=1S/C11H18N2O2/c1-12-5-2-3-10-8-15-11(13-10)9-4-6-14-7-9/h8-9,12H,2-7H2,1H3. The van der Waals surface area contributed by atoms with E-state index in [9.17, 15) is 0 Å². The molecule has 0 radical (unpaired) electrons. The summed E-state index contributed by atoms with van der Waals surface area (Å²) in [5, 5.41) is 3.12. The van der Waals surface area contributed by atoms with Gasteiger partial charge in [0.2, 0.25) is 0 Å². The first kappa shape index (κ1) is 10.6. The Morgan fingerprint density at radius 3 is 3.27 bits per heavy atom. The van der Waals surface area contributed by atoms with Crippen molar-refractivity contribution >= 4 is 0 Å². The van der Waals surface area contributed by atoms with Gasteiger partial charge >= 0.3 is 0 Å². The van der Waals surface area contributed by atoms with Crippen LogP contribution in [-0.4, -0.2) is 31.8 Å². The van der Waals surface area contributed by atoms with Crippen molar-refractivity contribution in [2.45, 2.75) is 25.2 Å². The Labute approximate surface area is 90.0 Å². The number of aryl methyl sites for hydroxylation is 1. The van der Waals surface area contributed by atoms with Crippen LogP contribution < -0.4 is 5.32 Å². The molecule has 0 aliphatic carbocycles. The molecular weight excluding hydrogens is 192 g/mol. The minimum Gasteiger partial charge on any atom is -0.448 e. The molecule has 2 heterocycles. The molecule has 1 aliphatic heterocycles. The Kier molecular flexibility index (Phi) is 3.75. The van der Waals surface area contributed by atoms with Gasteiger partial charge in [0.25, 0.3) is 0 Å². The van der Waals surface area contributed by atoms with Crippen molar-refractivity contribution in [3.8, 4) is 0 Å². The molecule has 4 nitrogen and oxygen atoms in total. The second-order valence-corrected chi connectivity index (χ2v) is 3.94. The van der Waals surface area contributed by atoms with E-state index in [1.807, 2.05) is 7.05 Å². The van der Waals surface area contributed by atoms with Gasteiger partial charge in [0.05, 0.1) is 18.2 Å². The molecule has 2 rings (SSSR count). The van der Waals surface area contributed by atoms with Gasteiger partial charge in [-0.2, -0.15) is 0 Å². The summed E-state index contributed by atoms with van der Waals surface area (Å²) >= 11 is 0. The topological polar surface area (TPSA) is 47.3 Å². The normalized spacial score (nSPS) is 21.0. The zero-order valence-corrected chi connectivity index (χ0v) is 9.16. The number of ether oxygens (including phenoxy) is 1. The van der Waals surface area contributed by atoms with Crippen LogP contribution >= 0.6 is 0 Å². The average molecular weight is 210 g/mol. The summed E-state index contributed by atoms with van der Waals surface area (Å²) in [6, 6.07) is 0. The van der Waals surface area contributed by atoms with E-state index in [0.717, 1.165) is 50.6 Å². The lowest BCUT2D eigenvalue weighted by molar-refractivity contribution is 0.190.